The van der Waals surface area contributed by atoms with Crippen molar-refractivity contribution in [2.45, 2.75) is 26.4 Å². The minimum absolute atomic E-state index is 0.111. The second kappa shape index (κ2) is 8.35. The van der Waals surface area contributed by atoms with Gasteiger partial charge in [0.2, 0.25) is 5.88 Å². The molecular weight excluding hydrogens is 370 g/mol. The summed E-state index contributed by atoms with van der Waals surface area (Å²) in [6.07, 6.45) is 4.04. The molecule has 0 aliphatic rings. The van der Waals surface area contributed by atoms with Crippen LogP contribution < -0.4 is 10.1 Å². The van der Waals surface area contributed by atoms with Crippen LogP contribution in [0.1, 0.15) is 26.3 Å². The van der Waals surface area contributed by atoms with Gasteiger partial charge in [0.05, 0.1) is 17.8 Å². The van der Waals surface area contributed by atoms with Crippen molar-refractivity contribution in [3.8, 4) is 29.1 Å². The Balaban J connectivity index is 1.96. The van der Waals surface area contributed by atoms with Gasteiger partial charge in [0.1, 0.15) is 17.0 Å². The van der Waals surface area contributed by atoms with Gasteiger partial charge in [0, 0.05) is 18.0 Å². The maximum atomic E-state index is 12.2. The van der Waals surface area contributed by atoms with E-state index in [1.165, 1.54) is 6.20 Å². The molecule has 3 aromatic rings. The smallest absolute Gasteiger partial charge is 0.412 e. The van der Waals surface area contributed by atoms with E-state index in [4.69, 9.17) is 14.7 Å². The number of anilines is 1. The maximum Gasteiger partial charge on any atom is 0.412 e. The highest BCUT2D eigenvalue weighted by atomic mass is 16.6. The molecule has 2 aromatic heterocycles. The second-order valence-electron chi connectivity index (χ2n) is 7.02. The Labute approximate surface area is 168 Å². The molecule has 0 fully saturated rings. The summed E-state index contributed by atoms with van der Waals surface area (Å²) in [5, 5.41) is 11.7. The number of amides is 1. The van der Waals surface area contributed by atoms with E-state index in [0.717, 1.165) is 0 Å². The number of ether oxygens (including phenoxy) is 2. The molecule has 0 aliphatic carbocycles. The topological polar surface area (TPSA) is 110 Å². The molecule has 0 radical (unpaired) electrons. The highest BCUT2D eigenvalue weighted by Crippen LogP contribution is 2.30. The lowest BCUT2D eigenvalue weighted by molar-refractivity contribution is 0.0635. The van der Waals surface area contributed by atoms with Crippen molar-refractivity contribution < 1.29 is 14.3 Å². The van der Waals surface area contributed by atoms with Gasteiger partial charge in [0.15, 0.2) is 5.82 Å². The molecule has 0 aliphatic heterocycles. The first-order valence-corrected chi connectivity index (χ1v) is 8.79. The van der Waals surface area contributed by atoms with Crippen LogP contribution in [0.25, 0.3) is 11.4 Å². The Bertz CT molecular complexity index is 1060. The average molecular weight is 389 g/mol. The van der Waals surface area contributed by atoms with Crippen LogP contribution in [0.3, 0.4) is 0 Å². The van der Waals surface area contributed by atoms with E-state index in [0.29, 0.717) is 22.7 Å². The van der Waals surface area contributed by atoms with E-state index in [2.05, 4.69) is 26.3 Å². The van der Waals surface area contributed by atoms with Gasteiger partial charge >= 0.3 is 6.09 Å². The van der Waals surface area contributed by atoms with Crippen LogP contribution in [0.15, 0.2) is 55.0 Å². The Hall–Kier alpha value is -3.99. The van der Waals surface area contributed by atoms with Gasteiger partial charge in [-0.1, -0.05) is 6.07 Å². The molecule has 1 N–H and O–H groups in total. The number of nitrogens with one attached hydrogen (secondary N) is 1. The Morgan fingerprint density at radius 3 is 2.69 bits per heavy atom. The van der Waals surface area contributed by atoms with E-state index >= 15 is 0 Å². The summed E-state index contributed by atoms with van der Waals surface area (Å²) < 4.78 is 11.1. The molecule has 146 valence electrons. The number of nitriles is 1. The Morgan fingerprint density at radius 2 is 2.00 bits per heavy atom. The van der Waals surface area contributed by atoms with E-state index in [9.17, 15) is 4.79 Å². The summed E-state index contributed by atoms with van der Waals surface area (Å²) in [7, 11) is 0. The predicted octanol–water partition coefficient (Wildman–Crippen LogP) is 4.55. The summed E-state index contributed by atoms with van der Waals surface area (Å²) in [5.41, 5.74) is 0.690. The van der Waals surface area contributed by atoms with Gasteiger partial charge in [-0.2, -0.15) is 10.2 Å². The second-order valence-corrected chi connectivity index (χ2v) is 7.02. The minimum Gasteiger partial charge on any atom is -0.444 e. The number of nitrogens with zero attached hydrogens (tertiary/aromatic N) is 4. The third-order valence-corrected chi connectivity index (χ3v) is 3.49. The van der Waals surface area contributed by atoms with Gasteiger partial charge in [-0.3, -0.25) is 10.3 Å². The van der Waals surface area contributed by atoms with E-state index in [1.54, 1.807) is 63.5 Å². The first-order chi connectivity index (χ1) is 13.8. The first-order valence-electron chi connectivity index (χ1n) is 8.79. The van der Waals surface area contributed by atoms with Crippen LogP contribution in [-0.4, -0.2) is 26.6 Å². The first kappa shape index (κ1) is 19.8. The monoisotopic (exact) mass is 389 g/mol. The lowest BCUT2D eigenvalue weighted by Crippen LogP contribution is -2.27. The molecule has 0 bridgehead atoms. The largest absolute Gasteiger partial charge is 0.444 e. The number of carbonyl (C=O) groups excluding carboxylic acids is 1. The zero-order chi connectivity index (χ0) is 20.9. The molecule has 8 heteroatoms. The molecule has 2 heterocycles. The van der Waals surface area contributed by atoms with Crippen LogP contribution in [0.4, 0.5) is 10.5 Å². The molecule has 0 saturated heterocycles. The number of hydrogen-bond acceptors (Lipinski definition) is 7. The molecule has 8 nitrogen and oxygen atoms in total. The molecule has 1 amide bonds. The quantitative estimate of drug-likeness (QED) is 0.697. The number of hydrogen-bond donors (Lipinski definition) is 1. The van der Waals surface area contributed by atoms with Crippen molar-refractivity contribution in [1.29, 1.82) is 5.26 Å². The van der Waals surface area contributed by atoms with Crippen LogP contribution in [-0.2, 0) is 4.74 Å². The molecule has 0 unspecified atom stereocenters. The highest BCUT2D eigenvalue weighted by Gasteiger charge is 2.19. The van der Waals surface area contributed by atoms with E-state index in [-0.39, 0.29) is 11.6 Å². The number of pyridine rings is 1. The van der Waals surface area contributed by atoms with Crippen LogP contribution in [0.2, 0.25) is 0 Å². The van der Waals surface area contributed by atoms with Gasteiger partial charge < -0.3 is 9.47 Å². The van der Waals surface area contributed by atoms with Crippen LogP contribution >= 0.6 is 0 Å². The third kappa shape index (κ3) is 5.49. The van der Waals surface area contributed by atoms with Crippen molar-refractivity contribution >= 4 is 11.8 Å². The van der Waals surface area contributed by atoms with E-state index in [1.807, 2.05) is 6.07 Å². The van der Waals surface area contributed by atoms with Crippen molar-refractivity contribution in [3.05, 3.63) is 60.6 Å². The fourth-order valence-electron chi connectivity index (χ4n) is 2.32. The fourth-order valence-corrected chi connectivity index (χ4v) is 2.32. The van der Waals surface area contributed by atoms with Crippen LogP contribution in [0, 0.1) is 11.3 Å². The molecule has 0 atom stereocenters. The third-order valence-electron chi connectivity index (χ3n) is 3.49. The number of benzene rings is 1. The summed E-state index contributed by atoms with van der Waals surface area (Å²) in [5.74, 6) is 0.881. The normalized spacial score (nSPS) is 10.7. The zero-order valence-electron chi connectivity index (χ0n) is 16.2. The predicted molar refractivity (Wildman–Crippen MR) is 106 cm³/mol. The number of carbonyl (C=O) groups is 1. The van der Waals surface area contributed by atoms with Gasteiger partial charge in [-0.25, -0.2) is 9.78 Å². The molecular formula is C21H19N5O3. The SMILES string of the molecule is CC(C)(C)OC(=O)Nc1cnc(-c2cccnc2)nc1Oc1cccc(C#N)c1. The lowest BCUT2D eigenvalue weighted by atomic mass is 10.2. The standard InChI is InChI=1S/C21H19N5O3/c1-21(2,3)29-20(27)25-17-13-24-18(15-7-5-9-23-12-15)26-19(17)28-16-8-4-6-14(10-16)11-22/h4-10,12-13H,1-3H3,(H,25,27). The highest BCUT2D eigenvalue weighted by molar-refractivity contribution is 5.86. The summed E-state index contributed by atoms with van der Waals surface area (Å²) >= 11 is 0. The van der Waals surface area contributed by atoms with Crippen molar-refractivity contribution in [1.82, 2.24) is 15.0 Å². The lowest BCUT2D eigenvalue weighted by Gasteiger charge is -2.20. The molecule has 29 heavy (non-hydrogen) atoms. The van der Waals surface area contributed by atoms with Crippen molar-refractivity contribution in [3.63, 3.8) is 0 Å². The fraction of sp³-hybridized carbons (Fsp3) is 0.190. The summed E-state index contributed by atoms with van der Waals surface area (Å²) in [6.45, 7) is 5.29. The van der Waals surface area contributed by atoms with Gasteiger partial charge in [0.25, 0.3) is 0 Å². The maximum absolute atomic E-state index is 12.2. The van der Waals surface area contributed by atoms with Crippen molar-refractivity contribution in [2.75, 3.05) is 5.32 Å². The van der Waals surface area contributed by atoms with E-state index < -0.39 is 11.7 Å². The number of rotatable bonds is 4. The minimum atomic E-state index is -0.664. The summed E-state index contributed by atoms with van der Waals surface area (Å²) in [6, 6.07) is 12.2. The average Bonchev–Trinajstić information content (AvgIpc) is 2.68. The zero-order valence-corrected chi connectivity index (χ0v) is 16.2. The summed E-state index contributed by atoms with van der Waals surface area (Å²) in [4.78, 5) is 24.9. The number of aromatic nitrogens is 3. The van der Waals surface area contributed by atoms with Crippen molar-refractivity contribution in [2.24, 2.45) is 0 Å². The molecule has 1 aromatic carbocycles. The Kier molecular flexibility index (Phi) is 5.69. The van der Waals surface area contributed by atoms with Gasteiger partial charge in [-0.15, -0.1) is 0 Å². The molecule has 0 spiro atoms. The molecule has 3 rings (SSSR count). The van der Waals surface area contributed by atoms with Crippen LogP contribution in [0.5, 0.6) is 11.6 Å². The molecule has 0 saturated carbocycles. The van der Waals surface area contributed by atoms with Gasteiger partial charge in [-0.05, 0) is 51.1 Å². The Morgan fingerprint density at radius 1 is 1.17 bits per heavy atom.